The summed E-state index contributed by atoms with van der Waals surface area (Å²) in [6.07, 6.45) is 4.72. The number of aromatic nitrogens is 3. The predicted octanol–water partition coefficient (Wildman–Crippen LogP) is 4.30. The van der Waals surface area contributed by atoms with Crippen LogP contribution in [0.3, 0.4) is 0 Å². The van der Waals surface area contributed by atoms with Gasteiger partial charge in [0.1, 0.15) is 5.65 Å². The standard InChI is InChI=1S/C39H40Cl2N8O4/c1-53-38-25(19-43-22-27-9-11-34(50)46-27)8-10-32(47-38)31-7-3-6-30(37(31)41)29-5-2-4-28(36(29)40)24-12-15-49-33(18-24)45-21-26(39(49)52)20-42-13-16-48-17-14-44-35(51)23-48/h2-8,10,12,15,18,21,27,42-43H,9,11,13-14,16-17,19-20,22-23H2,1H3,(H,44,51)(H,46,50)/t27-/m1/s1. The minimum absolute atomic E-state index is 0.0359. The van der Waals surface area contributed by atoms with Crippen LogP contribution in [0.1, 0.15) is 24.0 Å². The molecule has 5 aromatic rings. The first-order valence-corrected chi connectivity index (χ1v) is 18.4. The topological polar surface area (TPSA) is 142 Å². The molecule has 2 amide bonds. The largest absolute Gasteiger partial charge is 0.481 e. The third-order valence-corrected chi connectivity index (χ3v) is 10.4. The lowest BCUT2D eigenvalue weighted by Crippen LogP contribution is -2.49. The van der Waals surface area contributed by atoms with E-state index in [9.17, 15) is 14.4 Å². The molecule has 2 aliphatic rings. The van der Waals surface area contributed by atoms with Crippen molar-refractivity contribution in [1.29, 1.82) is 0 Å². The van der Waals surface area contributed by atoms with Crippen molar-refractivity contribution in [3.63, 3.8) is 0 Å². The van der Waals surface area contributed by atoms with Gasteiger partial charge in [-0.05, 0) is 30.2 Å². The first-order chi connectivity index (χ1) is 25.8. The van der Waals surface area contributed by atoms with Crippen LogP contribution < -0.4 is 31.6 Å². The average molecular weight is 756 g/mol. The zero-order valence-electron chi connectivity index (χ0n) is 29.3. The molecule has 2 fully saturated rings. The normalized spacial score (nSPS) is 16.2. The number of methoxy groups -OCH3 is 1. The van der Waals surface area contributed by atoms with Crippen LogP contribution in [0.4, 0.5) is 0 Å². The highest BCUT2D eigenvalue weighted by Crippen LogP contribution is 2.42. The second-order valence-electron chi connectivity index (χ2n) is 13.2. The van der Waals surface area contributed by atoms with E-state index in [1.165, 1.54) is 4.40 Å². The van der Waals surface area contributed by atoms with Gasteiger partial charge in [0.05, 0.1) is 29.4 Å². The predicted molar refractivity (Wildman–Crippen MR) is 206 cm³/mol. The molecule has 1 atom stereocenters. The number of nitrogens with zero attached hydrogens (tertiary/aromatic N) is 4. The maximum absolute atomic E-state index is 13.3. The smallest absolute Gasteiger partial charge is 0.262 e. The van der Waals surface area contributed by atoms with Crippen LogP contribution in [-0.2, 0) is 22.7 Å². The van der Waals surface area contributed by atoms with Gasteiger partial charge in [0.2, 0.25) is 17.7 Å². The molecule has 7 rings (SSSR count). The molecule has 2 aliphatic heterocycles. The molecule has 0 spiro atoms. The number of hydrogen-bond acceptors (Lipinski definition) is 9. The molecule has 0 saturated carbocycles. The lowest BCUT2D eigenvalue weighted by atomic mass is 9.97. The fourth-order valence-electron chi connectivity index (χ4n) is 6.79. The first kappa shape index (κ1) is 36.5. The van der Waals surface area contributed by atoms with Gasteiger partial charge in [-0.15, -0.1) is 0 Å². The molecular formula is C39H40Cl2N8O4. The minimum Gasteiger partial charge on any atom is -0.481 e. The van der Waals surface area contributed by atoms with E-state index in [0.717, 1.165) is 52.9 Å². The number of carbonyl (C=O) groups excluding carboxylic acids is 2. The van der Waals surface area contributed by atoms with Gasteiger partial charge >= 0.3 is 0 Å². The number of hydrogen-bond donors (Lipinski definition) is 4. The van der Waals surface area contributed by atoms with Crippen molar-refractivity contribution in [3.8, 4) is 39.4 Å². The molecule has 0 radical (unpaired) electrons. The Morgan fingerprint density at radius 1 is 0.906 bits per heavy atom. The Morgan fingerprint density at radius 3 is 2.42 bits per heavy atom. The van der Waals surface area contributed by atoms with Gasteiger partial charge in [0.15, 0.2) is 0 Å². The Morgan fingerprint density at radius 2 is 1.66 bits per heavy atom. The van der Waals surface area contributed by atoms with Gasteiger partial charge in [-0.3, -0.25) is 23.7 Å². The van der Waals surface area contributed by atoms with Crippen molar-refractivity contribution in [1.82, 2.24) is 40.5 Å². The van der Waals surface area contributed by atoms with E-state index in [1.54, 1.807) is 19.5 Å². The number of piperazine rings is 1. The van der Waals surface area contributed by atoms with Crippen LogP contribution >= 0.6 is 23.2 Å². The van der Waals surface area contributed by atoms with E-state index in [-0.39, 0.29) is 23.4 Å². The summed E-state index contributed by atoms with van der Waals surface area (Å²) in [6.45, 7) is 4.80. The Bertz CT molecular complexity index is 2230. The second-order valence-corrected chi connectivity index (χ2v) is 13.9. The summed E-state index contributed by atoms with van der Waals surface area (Å²) in [5.74, 6) is 0.618. The number of carbonyl (C=O) groups is 2. The summed E-state index contributed by atoms with van der Waals surface area (Å²) in [5, 5.41) is 13.5. The summed E-state index contributed by atoms with van der Waals surface area (Å²) in [5.41, 5.74) is 6.26. The van der Waals surface area contributed by atoms with Gasteiger partial charge in [0.25, 0.3) is 5.56 Å². The van der Waals surface area contributed by atoms with Gasteiger partial charge in [-0.2, -0.15) is 0 Å². The molecule has 5 heterocycles. The molecule has 2 saturated heterocycles. The molecule has 274 valence electrons. The molecule has 0 bridgehead atoms. The molecule has 0 aliphatic carbocycles. The quantitative estimate of drug-likeness (QED) is 0.130. The minimum atomic E-state index is -0.150. The average Bonchev–Trinajstić information content (AvgIpc) is 3.59. The SMILES string of the molecule is COc1nc(-c2cccc(-c3cccc(-c4ccn5c(=O)c(CNCCN6CCNC(=O)C6)cnc5c4)c3Cl)c2Cl)ccc1CNC[C@H]1CCC(=O)N1. The van der Waals surface area contributed by atoms with Crippen molar-refractivity contribution in [2.75, 3.05) is 46.4 Å². The number of pyridine rings is 2. The Balaban J connectivity index is 1.07. The second kappa shape index (κ2) is 16.4. The summed E-state index contributed by atoms with van der Waals surface area (Å²) < 4.78 is 7.18. The van der Waals surface area contributed by atoms with Gasteiger partial charge < -0.3 is 26.0 Å². The zero-order valence-corrected chi connectivity index (χ0v) is 30.8. The third-order valence-electron chi connectivity index (χ3n) is 9.62. The highest BCUT2D eigenvalue weighted by atomic mass is 35.5. The number of amides is 2. The number of nitrogens with one attached hydrogen (secondary N) is 4. The van der Waals surface area contributed by atoms with Crippen LogP contribution in [0.5, 0.6) is 5.88 Å². The maximum Gasteiger partial charge on any atom is 0.262 e. The molecule has 12 nitrogen and oxygen atoms in total. The Labute approximate surface area is 316 Å². The van der Waals surface area contributed by atoms with Crippen LogP contribution in [0.15, 0.2) is 77.9 Å². The number of rotatable bonds is 13. The first-order valence-electron chi connectivity index (χ1n) is 17.6. The number of benzene rings is 2. The fraction of sp³-hybridized carbons (Fsp3) is 0.308. The molecule has 2 aromatic carbocycles. The van der Waals surface area contributed by atoms with Crippen molar-refractivity contribution in [2.45, 2.75) is 32.0 Å². The van der Waals surface area contributed by atoms with E-state index in [4.69, 9.17) is 32.9 Å². The Hall–Kier alpha value is -4.85. The van der Waals surface area contributed by atoms with E-state index in [2.05, 4.69) is 31.2 Å². The summed E-state index contributed by atoms with van der Waals surface area (Å²) in [7, 11) is 1.59. The van der Waals surface area contributed by atoms with E-state index in [0.29, 0.717) is 78.5 Å². The molecule has 14 heteroatoms. The van der Waals surface area contributed by atoms with Crippen molar-refractivity contribution in [3.05, 3.63) is 105 Å². The maximum atomic E-state index is 13.3. The van der Waals surface area contributed by atoms with E-state index < -0.39 is 0 Å². The van der Waals surface area contributed by atoms with Gasteiger partial charge in [0, 0.05) is 104 Å². The molecular weight excluding hydrogens is 715 g/mol. The fourth-order valence-corrected chi connectivity index (χ4v) is 7.45. The Kier molecular flexibility index (Phi) is 11.3. The van der Waals surface area contributed by atoms with E-state index in [1.807, 2.05) is 60.7 Å². The molecule has 4 N–H and O–H groups in total. The number of ether oxygens (including phenoxy) is 1. The summed E-state index contributed by atoms with van der Waals surface area (Å²) >= 11 is 14.2. The van der Waals surface area contributed by atoms with Crippen LogP contribution in [0.25, 0.3) is 39.2 Å². The molecule has 3 aromatic heterocycles. The lowest BCUT2D eigenvalue weighted by molar-refractivity contribution is -0.124. The highest BCUT2D eigenvalue weighted by molar-refractivity contribution is 6.39. The molecule has 0 unspecified atom stereocenters. The van der Waals surface area contributed by atoms with Gasteiger partial charge in [-0.1, -0.05) is 65.7 Å². The van der Waals surface area contributed by atoms with Crippen LogP contribution in [0, 0.1) is 0 Å². The van der Waals surface area contributed by atoms with Crippen LogP contribution in [0.2, 0.25) is 10.0 Å². The highest BCUT2D eigenvalue weighted by Gasteiger charge is 2.21. The number of halogens is 2. The monoisotopic (exact) mass is 754 g/mol. The molecule has 53 heavy (non-hydrogen) atoms. The lowest BCUT2D eigenvalue weighted by Gasteiger charge is -2.26. The van der Waals surface area contributed by atoms with Gasteiger partial charge in [-0.25, -0.2) is 9.97 Å². The van der Waals surface area contributed by atoms with Crippen LogP contribution in [-0.4, -0.2) is 83.5 Å². The zero-order chi connectivity index (χ0) is 36.9. The van der Waals surface area contributed by atoms with Crippen molar-refractivity contribution >= 4 is 40.7 Å². The van der Waals surface area contributed by atoms with Crippen molar-refractivity contribution < 1.29 is 14.3 Å². The van der Waals surface area contributed by atoms with E-state index >= 15 is 0 Å². The summed E-state index contributed by atoms with van der Waals surface area (Å²) in [4.78, 5) is 47.9. The third kappa shape index (κ3) is 8.22. The van der Waals surface area contributed by atoms with Crippen molar-refractivity contribution in [2.24, 2.45) is 0 Å². The summed E-state index contributed by atoms with van der Waals surface area (Å²) in [6, 6.07) is 19.3. The number of fused-ring (bicyclic) bond motifs is 1.